The van der Waals surface area contributed by atoms with Crippen molar-refractivity contribution in [3.8, 4) is 0 Å². The molecule has 0 aromatic carbocycles. The molecule has 0 heterocycles. The van der Waals surface area contributed by atoms with E-state index in [9.17, 15) is 0 Å². The second-order valence-corrected chi connectivity index (χ2v) is 2.26. The second kappa shape index (κ2) is 12.3. The van der Waals surface area contributed by atoms with Gasteiger partial charge < -0.3 is 6.42 Å². The van der Waals surface area contributed by atoms with E-state index in [1.807, 2.05) is 0 Å². The Bertz CT molecular complexity index is 29.5. The van der Waals surface area contributed by atoms with E-state index in [1.165, 1.54) is 32.1 Å². The van der Waals surface area contributed by atoms with Crippen molar-refractivity contribution < 1.29 is 51.4 Å². The Balaban J connectivity index is 0. The van der Waals surface area contributed by atoms with Gasteiger partial charge in [0.2, 0.25) is 0 Å². The van der Waals surface area contributed by atoms with Gasteiger partial charge in [-0.15, -0.1) is 0 Å². The third-order valence-electron chi connectivity index (χ3n) is 1.35. The summed E-state index contributed by atoms with van der Waals surface area (Å²) in [5, 5.41) is 0. The van der Waals surface area contributed by atoms with Crippen molar-refractivity contribution >= 4 is 0 Å². The zero-order valence-electron chi connectivity index (χ0n) is 7.11. The number of hydrogen-bond acceptors (Lipinski definition) is 0. The Morgan fingerprint density at radius 2 is 1.78 bits per heavy atom. The normalized spacial score (nSPS) is 8.67. The minimum atomic E-state index is 0. The largest absolute Gasteiger partial charge is 1.00 e. The molecular weight excluding hydrogens is 135 g/mol. The van der Waals surface area contributed by atoms with Crippen molar-refractivity contribution in [2.45, 2.75) is 46.0 Å². The topological polar surface area (TPSA) is 0 Å². The SMILES string of the molecule is C[CH-]CCCCCC.[K+]. The van der Waals surface area contributed by atoms with Crippen LogP contribution in [0.3, 0.4) is 0 Å². The fraction of sp³-hybridized carbons (Fsp3) is 0.875. The maximum Gasteiger partial charge on any atom is 1.00 e. The van der Waals surface area contributed by atoms with Gasteiger partial charge in [0, 0.05) is 0 Å². The molecule has 0 rings (SSSR count). The van der Waals surface area contributed by atoms with Crippen LogP contribution in [0.5, 0.6) is 0 Å². The van der Waals surface area contributed by atoms with E-state index < -0.39 is 0 Å². The second-order valence-electron chi connectivity index (χ2n) is 2.26. The summed E-state index contributed by atoms with van der Waals surface area (Å²) in [4.78, 5) is 0. The maximum atomic E-state index is 2.25. The fourth-order valence-electron chi connectivity index (χ4n) is 0.775. The third-order valence-corrected chi connectivity index (χ3v) is 1.35. The maximum absolute atomic E-state index is 2.25. The van der Waals surface area contributed by atoms with Crippen molar-refractivity contribution in [2.75, 3.05) is 0 Å². The predicted molar refractivity (Wildman–Crippen MR) is 38.7 cm³/mol. The van der Waals surface area contributed by atoms with Crippen LogP contribution in [-0.4, -0.2) is 0 Å². The molecule has 0 N–H and O–H groups in total. The summed E-state index contributed by atoms with van der Waals surface area (Å²) in [6, 6.07) is 0. The van der Waals surface area contributed by atoms with Crippen molar-refractivity contribution in [1.82, 2.24) is 0 Å². The first-order valence-corrected chi connectivity index (χ1v) is 3.69. The molecule has 0 saturated heterocycles. The first kappa shape index (κ1) is 13.2. The van der Waals surface area contributed by atoms with Crippen LogP contribution in [0.4, 0.5) is 0 Å². The van der Waals surface area contributed by atoms with Crippen LogP contribution < -0.4 is 51.4 Å². The van der Waals surface area contributed by atoms with Gasteiger partial charge in [0.05, 0.1) is 0 Å². The van der Waals surface area contributed by atoms with Crippen molar-refractivity contribution in [1.29, 1.82) is 0 Å². The molecule has 0 fully saturated rings. The van der Waals surface area contributed by atoms with E-state index in [2.05, 4.69) is 20.3 Å². The molecular formula is C8H17K. The van der Waals surface area contributed by atoms with Crippen LogP contribution in [0.2, 0.25) is 0 Å². The van der Waals surface area contributed by atoms with E-state index in [4.69, 9.17) is 0 Å². The molecule has 9 heavy (non-hydrogen) atoms. The average Bonchev–Trinajstić information content (AvgIpc) is 1.81. The Morgan fingerprint density at radius 3 is 2.22 bits per heavy atom. The molecule has 0 atom stereocenters. The van der Waals surface area contributed by atoms with Gasteiger partial charge in [-0.25, -0.2) is 0 Å². The minimum Gasteiger partial charge on any atom is -0.332 e. The Kier molecular flexibility index (Phi) is 18.1. The Hall–Kier alpha value is 1.64. The summed E-state index contributed by atoms with van der Waals surface area (Å²) >= 11 is 0. The average molecular weight is 152 g/mol. The van der Waals surface area contributed by atoms with Gasteiger partial charge in [-0.3, -0.25) is 0 Å². The molecule has 1 heteroatoms. The summed E-state index contributed by atoms with van der Waals surface area (Å²) < 4.78 is 0. The van der Waals surface area contributed by atoms with Crippen LogP contribution in [0.15, 0.2) is 0 Å². The van der Waals surface area contributed by atoms with Crippen molar-refractivity contribution in [3.63, 3.8) is 0 Å². The quantitative estimate of drug-likeness (QED) is 0.300. The van der Waals surface area contributed by atoms with Gasteiger partial charge in [-0.2, -0.15) is 13.3 Å². The predicted octanol–water partition coefficient (Wildman–Crippen LogP) is 0.185. The number of hydrogen-bond donors (Lipinski definition) is 0. The van der Waals surface area contributed by atoms with Crippen LogP contribution in [-0.2, 0) is 0 Å². The van der Waals surface area contributed by atoms with Crippen molar-refractivity contribution in [3.05, 3.63) is 6.42 Å². The van der Waals surface area contributed by atoms with Gasteiger partial charge in [0.1, 0.15) is 0 Å². The molecule has 0 bridgehead atoms. The van der Waals surface area contributed by atoms with Crippen molar-refractivity contribution in [2.24, 2.45) is 0 Å². The molecule has 0 amide bonds. The summed E-state index contributed by atoms with van der Waals surface area (Å²) in [7, 11) is 0. The number of unbranched alkanes of at least 4 members (excludes halogenated alkanes) is 5. The summed E-state index contributed by atoms with van der Waals surface area (Å²) in [5.41, 5.74) is 0. The van der Waals surface area contributed by atoms with Crippen LogP contribution in [0.1, 0.15) is 46.0 Å². The molecule has 50 valence electrons. The van der Waals surface area contributed by atoms with Crippen LogP contribution in [0.25, 0.3) is 0 Å². The smallest absolute Gasteiger partial charge is 0.332 e. The third kappa shape index (κ3) is 12.8. The monoisotopic (exact) mass is 152 g/mol. The molecule has 0 unspecified atom stereocenters. The van der Waals surface area contributed by atoms with Gasteiger partial charge >= 0.3 is 51.4 Å². The van der Waals surface area contributed by atoms with E-state index >= 15 is 0 Å². The van der Waals surface area contributed by atoms with Gasteiger partial charge in [0.15, 0.2) is 0 Å². The molecule has 0 aliphatic rings. The molecule has 0 nitrogen and oxygen atoms in total. The zero-order chi connectivity index (χ0) is 6.24. The molecule has 0 aromatic heterocycles. The molecule has 0 radical (unpaired) electrons. The fourth-order valence-corrected chi connectivity index (χ4v) is 0.775. The summed E-state index contributed by atoms with van der Waals surface area (Å²) in [5.74, 6) is 0. The minimum absolute atomic E-state index is 0. The first-order chi connectivity index (χ1) is 3.91. The molecule has 0 aliphatic heterocycles. The molecule has 0 aromatic rings. The van der Waals surface area contributed by atoms with E-state index in [0.717, 1.165) is 0 Å². The van der Waals surface area contributed by atoms with Crippen LogP contribution in [0, 0.1) is 6.42 Å². The molecule has 0 saturated carbocycles. The van der Waals surface area contributed by atoms with E-state index in [-0.39, 0.29) is 51.4 Å². The Labute approximate surface area is 102 Å². The Morgan fingerprint density at radius 1 is 1.11 bits per heavy atom. The van der Waals surface area contributed by atoms with Gasteiger partial charge in [0.25, 0.3) is 0 Å². The van der Waals surface area contributed by atoms with Gasteiger partial charge in [-0.05, 0) is 0 Å². The van der Waals surface area contributed by atoms with E-state index in [0.29, 0.717) is 0 Å². The van der Waals surface area contributed by atoms with Crippen LogP contribution >= 0.6 is 0 Å². The van der Waals surface area contributed by atoms with E-state index in [1.54, 1.807) is 0 Å². The molecule has 0 spiro atoms. The number of rotatable bonds is 5. The standard InChI is InChI=1S/C8H17.K/c1-3-5-7-8-6-4-2;/h3H,4-8H2,1-2H3;/q-1;+1. The molecule has 0 aliphatic carbocycles. The first-order valence-electron chi connectivity index (χ1n) is 3.69. The summed E-state index contributed by atoms with van der Waals surface area (Å²) in [6.07, 6.45) is 9.12. The summed E-state index contributed by atoms with van der Waals surface area (Å²) in [6.45, 7) is 4.38. The zero-order valence-corrected chi connectivity index (χ0v) is 10.2. The van der Waals surface area contributed by atoms with Gasteiger partial charge in [-0.1, -0.05) is 32.6 Å².